The predicted molar refractivity (Wildman–Crippen MR) is 78.3 cm³/mol. The number of nitriles is 1. The summed E-state index contributed by atoms with van der Waals surface area (Å²) in [5.74, 6) is 0.456. The first-order valence-electron chi connectivity index (χ1n) is 6.36. The standard InChI is InChI=1S/C16H13N3O2/c17-8-13-15(9-1-4-11(20)5-2-9)12-6-3-10(18)7-14(12)21-16(13)19/h1-7,15,20H,18-19H2/t15-/m1/s1. The Kier molecular flexibility index (Phi) is 2.92. The summed E-state index contributed by atoms with van der Waals surface area (Å²) < 4.78 is 5.50. The van der Waals surface area contributed by atoms with Crippen molar-refractivity contribution >= 4 is 5.69 Å². The number of aromatic hydroxyl groups is 1. The minimum Gasteiger partial charge on any atom is -0.508 e. The molecule has 1 atom stereocenters. The van der Waals surface area contributed by atoms with E-state index < -0.39 is 0 Å². The number of nitrogen functional groups attached to an aromatic ring is 1. The van der Waals surface area contributed by atoms with E-state index >= 15 is 0 Å². The topological polar surface area (TPSA) is 105 Å². The lowest BCUT2D eigenvalue weighted by Crippen LogP contribution is -2.21. The van der Waals surface area contributed by atoms with E-state index in [1.165, 1.54) is 0 Å². The molecule has 0 aromatic heterocycles. The number of nitrogens with two attached hydrogens (primary N) is 2. The summed E-state index contributed by atoms with van der Waals surface area (Å²) in [6.07, 6.45) is 0. The minimum atomic E-state index is -0.333. The monoisotopic (exact) mass is 279 g/mol. The summed E-state index contributed by atoms with van der Waals surface area (Å²) in [6.45, 7) is 0. The number of rotatable bonds is 1. The number of anilines is 1. The fourth-order valence-electron chi connectivity index (χ4n) is 2.48. The molecule has 0 fully saturated rings. The van der Waals surface area contributed by atoms with Crippen LogP contribution in [0, 0.1) is 11.3 Å². The lowest BCUT2D eigenvalue weighted by molar-refractivity contribution is 0.394. The van der Waals surface area contributed by atoms with Crippen LogP contribution in [0.3, 0.4) is 0 Å². The molecule has 0 bridgehead atoms. The maximum Gasteiger partial charge on any atom is 0.205 e. The number of allylic oxidation sites excluding steroid dienone is 1. The summed E-state index contributed by atoms with van der Waals surface area (Å²) in [7, 11) is 0. The third kappa shape index (κ3) is 2.13. The van der Waals surface area contributed by atoms with Gasteiger partial charge >= 0.3 is 0 Å². The van der Waals surface area contributed by atoms with Gasteiger partial charge in [-0.1, -0.05) is 18.2 Å². The predicted octanol–water partition coefficient (Wildman–Crippen LogP) is 2.19. The van der Waals surface area contributed by atoms with Crippen LogP contribution in [0.4, 0.5) is 5.69 Å². The van der Waals surface area contributed by atoms with Crippen molar-refractivity contribution in [3.05, 3.63) is 65.0 Å². The van der Waals surface area contributed by atoms with Crippen molar-refractivity contribution in [1.82, 2.24) is 0 Å². The van der Waals surface area contributed by atoms with Gasteiger partial charge in [-0.2, -0.15) is 5.26 Å². The summed E-state index contributed by atoms with van der Waals surface area (Å²) in [6, 6.07) is 14.0. The Morgan fingerprint density at radius 3 is 2.48 bits per heavy atom. The van der Waals surface area contributed by atoms with Crippen molar-refractivity contribution in [2.75, 3.05) is 5.73 Å². The van der Waals surface area contributed by atoms with Gasteiger partial charge in [-0.05, 0) is 23.8 Å². The smallest absolute Gasteiger partial charge is 0.205 e. The molecule has 0 spiro atoms. The molecule has 21 heavy (non-hydrogen) atoms. The zero-order valence-corrected chi connectivity index (χ0v) is 11.1. The van der Waals surface area contributed by atoms with E-state index in [0.717, 1.165) is 11.1 Å². The molecule has 5 N–H and O–H groups in total. The Hall–Kier alpha value is -3.13. The molecule has 5 heteroatoms. The molecule has 0 saturated heterocycles. The molecule has 0 amide bonds. The van der Waals surface area contributed by atoms with Gasteiger partial charge in [-0.25, -0.2) is 0 Å². The van der Waals surface area contributed by atoms with Crippen LogP contribution >= 0.6 is 0 Å². The molecule has 2 aromatic carbocycles. The highest BCUT2D eigenvalue weighted by Gasteiger charge is 2.30. The van der Waals surface area contributed by atoms with Crippen LogP contribution in [0.15, 0.2) is 53.9 Å². The Bertz CT molecular complexity index is 773. The second-order valence-electron chi connectivity index (χ2n) is 4.81. The Morgan fingerprint density at radius 1 is 1.10 bits per heavy atom. The second kappa shape index (κ2) is 4.76. The normalized spacial score (nSPS) is 16.8. The molecule has 0 aliphatic carbocycles. The number of hydrogen-bond donors (Lipinski definition) is 3. The van der Waals surface area contributed by atoms with Gasteiger partial charge < -0.3 is 21.3 Å². The van der Waals surface area contributed by atoms with E-state index in [9.17, 15) is 10.4 Å². The molecule has 3 rings (SSSR count). The van der Waals surface area contributed by atoms with Crippen molar-refractivity contribution in [2.24, 2.45) is 5.73 Å². The van der Waals surface area contributed by atoms with E-state index in [-0.39, 0.29) is 17.6 Å². The quantitative estimate of drug-likeness (QED) is 0.694. The van der Waals surface area contributed by atoms with E-state index in [1.807, 2.05) is 6.07 Å². The Labute approximate surface area is 121 Å². The van der Waals surface area contributed by atoms with Crippen LogP contribution in [0.2, 0.25) is 0 Å². The maximum atomic E-state index is 9.42. The highest BCUT2D eigenvalue weighted by molar-refractivity contribution is 5.59. The number of hydrogen-bond acceptors (Lipinski definition) is 5. The molecule has 0 saturated carbocycles. The molecule has 0 radical (unpaired) electrons. The fraction of sp³-hybridized carbons (Fsp3) is 0.0625. The minimum absolute atomic E-state index is 0.0775. The summed E-state index contributed by atoms with van der Waals surface area (Å²) in [5.41, 5.74) is 14.2. The molecule has 2 aromatic rings. The third-order valence-corrected chi connectivity index (χ3v) is 3.47. The third-order valence-electron chi connectivity index (χ3n) is 3.47. The Balaban J connectivity index is 2.21. The molecule has 1 aliphatic rings. The van der Waals surface area contributed by atoms with Crippen molar-refractivity contribution in [2.45, 2.75) is 5.92 Å². The van der Waals surface area contributed by atoms with E-state index in [2.05, 4.69) is 6.07 Å². The lowest BCUT2D eigenvalue weighted by atomic mass is 9.83. The number of nitrogens with zero attached hydrogens (tertiary/aromatic N) is 1. The molecular formula is C16H13N3O2. The van der Waals surface area contributed by atoms with Gasteiger partial charge in [-0.15, -0.1) is 0 Å². The van der Waals surface area contributed by atoms with E-state index in [1.54, 1.807) is 36.4 Å². The molecule has 0 unspecified atom stereocenters. The van der Waals surface area contributed by atoms with Gasteiger partial charge in [0.25, 0.3) is 0 Å². The molecule has 1 aliphatic heterocycles. The zero-order valence-electron chi connectivity index (χ0n) is 11.1. The SMILES string of the molecule is N#CC1=C(N)Oc2cc(N)ccc2[C@H]1c1ccc(O)cc1. The molecular weight excluding hydrogens is 266 g/mol. The summed E-state index contributed by atoms with van der Waals surface area (Å²) in [5, 5.41) is 18.8. The van der Waals surface area contributed by atoms with Gasteiger partial charge in [0.05, 0.1) is 5.92 Å². The van der Waals surface area contributed by atoms with E-state index in [4.69, 9.17) is 16.2 Å². The fourth-order valence-corrected chi connectivity index (χ4v) is 2.48. The average Bonchev–Trinajstić information content (AvgIpc) is 2.46. The maximum absolute atomic E-state index is 9.42. The van der Waals surface area contributed by atoms with Gasteiger partial charge in [0.2, 0.25) is 5.88 Å². The largest absolute Gasteiger partial charge is 0.508 e. The van der Waals surface area contributed by atoms with E-state index in [0.29, 0.717) is 17.0 Å². The number of benzene rings is 2. The van der Waals surface area contributed by atoms with Crippen molar-refractivity contribution in [3.8, 4) is 17.6 Å². The van der Waals surface area contributed by atoms with Crippen molar-refractivity contribution in [3.63, 3.8) is 0 Å². The number of fused-ring (bicyclic) bond motifs is 1. The Morgan fingerprint density at radius 2 is 1.81 bits per heavy atom. The van der Waals surface area contributed by atoms with Crippen LogP contribution in [-0.4, -0.2) is 5.11 Å². The lowest BCUT2D eigenvalue weighted by Gasteiger charge is -2.26. The number of phenols is 1. The van der Waals surface area contributed by atoms with Gasteiger partial charge in [0, 0.05) is 17.3 Å². The number of phenolic OH excluding ortho intramolecular Hbond substituents is 1. The first kappa shape index (κ1) is 12.9. The van der Waals surface area contributed by atoms with Crippen LogP contribution in [0.1, 0.15) is 17.0 Å². The number of ether oxygens (including phenoxy) is 1. The average molecular weight is 279 g/mol. The molecule has 1 heterocycles. The van der Waals surface area contributed by atoms with Crippen LogP contribution in [-0.2, 0) is 0 Å². The van der Waals surface area contributed by atoms with Gasteiger partial charge in [0.15, 0.2) is 0 Å². The highest BCUT2D eigenvalue weighted by atomic mass is 16.5. The van der Waals surface area contributed by atoms with Crippen molar-refractivity contribution < 1.29 is 9.84 Å². The van der Waals surface area contributed by atoms with Crippen molar-refractivity contribution in [1.29, 1.82) is 5.26 Å². The summed E-state index contributed by atoms with van der Waals surface area (Å²) in [4.78, 5) is 0. The van der Waals surface area contributed by atoms with Gasteiger partial charge in [0.1, 0.15) is 23.1 Å². The zero-order chi connectivity index (χ0) is 15.0. The molecule has 5 nitrogen and oxygen atoms in total. The summed E-state index contributed by atoms with van der Waals surface area (Å²) >= 11 is 0. The van der Waals surface area contributed by atoms with Crippen LogP contribution < -0.4 is 16.2 Å². The van der Waals surface area contributed by atoms with Crippen LogP contribution in [0.25, 0.3) is 0 Å². The van der Waals surface area contributed by atoms with Gasteiger partial charge in [-0.3, -0.25) is 0 Å². The second-order valence-corrected chi connectivity index (χ2v) is 4.81. The first-order chi connectivity index (χ1) is 10.1. The van der Waals surface area contributed by atoms with Crippen LogP contribution in [0.5, 0.6) is 11.5 Å². The first-order valence-corrected chi connectivity index (χ1v) is 6.36. The molecule has 104 valence electrons. The highest BCUT2D eigenvalue weighted by Crippen LogP contribution is 2.42.